The summed E-state index contributed by atoms with van der Waals surface area (Å²) in [5, 5.41) is 13.0. The standard InChI is InChI=1S/C27H26ClN5O/c28-24-17-23(11-12-25(24)30)31-19-22(18-29)27(34)33-15-13-32(14-16-33)26(20-7-3-1-4-8-20)21-9-5-2-6-10-21/h1-12,17,19,26,31H,13-16,30H2/b22-19-. The number of nitrogen functional groups attached to an aromatic ring is 1. The van der Waals surface area contributed by atoms with Crippen molar-refractivity contribution in [2.24, 2.45) is 0 Å². The number of nitrogens with two attached hydrogens (primary N) is 1. The van der Waals surface area contributed by atoms with Crippen molar-refractivity contribution in [3.05, 3.63) is 107 Å². The Morgan fingerprint density at radius 3 is 2.09 bits per heavy atom. The second-order valence-electron chi connectivity index (χ2n) is 8.10. The quantitative estimate of drug-likeness (QED) is 0.310. The van der Waals surface area contributed by atoms with Crippen LogP contribution in [0, 0.1) is 11.3 Å². The van der Waals surface area contributed by atoms with Gasteiger partial charge in [0.2, 0.25) is 0 Å². The molecule has 3 N–H and O–H groups in total. The van der Waals surface area contributed by atoms with Gasteiger partial charge in [-0.2, -0.15) is 5.26 Å². The molecule has 0 unspecified atom stereocenters. The van der Waals surface area contributed by atoms with Crippen LogP contribution in [0.2, 0.25) is 5.02 Å². The van der Waals surface area contributed by atoms with Gasteiger partial charge >= 0.3 is 0 Å². The Bertz CT molecular complexity index is 1160. The summed E-state index contributed by atoms with van der Waals surface area (Å²) in [4.78, 5) is 17.1. The van der Waals surface area contributed by atoms with Crippen LogP contribution in [0.5, 0.6) is 0 Å². The van der Waals surface area contributed by atoms with E-state index >= 15 is 0 Å². The first-order valence-corrected chi connectivity index (χ1v) is 11.5. The van der Waals surface area contributed by atoms with E-state index in [1.54, 1.807) is 23.1 Å². The highest BCUT2D eigenvalue weighted by atomic mass is 35.5. The van der Waals surface area contributed by atoms with E-state index in [9.17, 15) is 10.1 Å². The van der Waals surface area contributed by atoms with Crippen molar-refractivity contribution >= 4 is 28.9 Å². The van der Waals surface area contributed by atoms with Crippen LogP contribution in [0.3, 0.4) is 0 Å². The van der Waals surface area contributed by atoms with Gasteiger partial charge in [0.1, 0.15) is 11.6 Å². The van der Waals surface area contributed by atoms with Gasteiger partial charge in [-0.05, 0) is 29.3 Å². The lowest BCUT2D eigenvalue weighted by molar-refractivity contribution is -0.128. The topological polar surface area (TPSA) is 85.4 Å². The number of carbonyl (C=O) groups excluding carboxylic acids is 1. The van der Waals surface area contributed by atoms with Crippen molar-refractivity contribution in [2.75, 3.05) is 37.2 Å². The fraction of sp³-hybridized carbons (Fsp3) is 0.185. The smallest absolute Gasteiger partial charge is 0.266 e. The summed E-state index contributed by atoms with van der Waals surface area (Å²) in [6, 6.07) is 28.0. The Hall–Kier alpha value is -3.79. The van der Waals surface area contributed by atoms with Crippen molar-refractivity contribution in [1.29, 1.82) is 5.26 Å². The third kappa shape index (κ3) is 5.40. The highest BCUT2D eigenvalue weighted by molar-refractivity contribution is 6.33. The fourth-order valence-corrected chi connectivity index (χ4v) is 4.33. The molecule has 3 aromatic carbocycles. The number of hydrogen-bond acceptors (Lipinski definition) is 5. The summed E-state index contributed by atoms with van der Waals surface area (Å²) in [6.07, 6.45) is 1.42. The van der Waals surface area contributed by atoms with Crippen LogP contribution in [-0.4, -0.2) is 41.9 Å². The number of halogens is 1. The summed E-state index contributed by atoms with van der Waals surface area (Å²) in [5.41, 5.74) is 9.33. The van der Waals surface area contributed by atoms with E-state index < -0.39 is 0 Å². The zero-order chi connectivity index (χ0) is 23.9. The van der Waals surface area contributed by atoms with E-state index in [2.05, 4.69) is 58.7 Å². The Morgan fingerprint density at radius 2 is 1.56 bits per heavy atom. The molecule has 0 radical (unpaired) electrons. The second-order valence-corrected chi connectivity index (χ2v) is 8.51. The van der Waals surface area contributed by atoms with Crippen LogP contribution in [0.4, 0.5) is 11.4 Å². The van der Waals surface area contributed by atoms with E-state index in [4.69, 9.17) is 17.3 Å². The highest BCUT2D eigenvalue weighted by Crippen LogP contribution is 2.29. The Morgan fingerprint density at radius 1 is 0.971 bits per heavy atom. The summed E-state index contributed by atoms with van der Waals surface area (Å²) in [6.45, 7) is 2.50. The van der Waals surface area contributed by atoms with Crippen LogP contribution < -0.4 is 11.1 Å². The number of nitriles is 1. The molecule has 0 saturated carbocycles. The Labute approximate surface area is 204 Å². The molecule has 0 spiro atoms. The molecule has 0 aliphatic carbocycles. The lowest BCUT2D eigenvalue weighted by Gasteiger charge is -2.39. The van der Waals surface area contributed by atoms with Crippen molar-refractivity contribution < 1.29 is 4.79 Å². The zero-order valence-electron chi connectivity index (χ0n) is 18.7. The SMILES string of the molecule is N#C/C(=C/Nc1ccc(N)c(Cl)c1)C(=O)N1CCN(C(c2ccccc2)c2ccccc2)CC1. The van der Waals surface area contributed by atoms with Crippen molar-refractivity contribution in [3.63, 3.8) is 0 Å². The number of piperazine rings is 1. The molecule has 6 nitrogen and oxygen atoms in total. The van der Waals surface area contributed by atoms with E-state index in [1.807, 2.05) is 18.2 Å². The molecule has 172 valence electrons. The molecule has 7 heteroatoms. The number of amides is 1. The van der Waals surface area contributed by atoms with Gasteiger partial charge in [0.05, 0.1) is 16.8 Å². The maximum atomic E-state index is 13.0. The van der Waals surface area contributed by atoms with E-state index in [-0.39, 0.29) is 17.5 Å². The van der Waals surface area contributed by atoms with Crippen molar-refractivity contribution in [2.45, 2.75) is 6.04 Å². The first-order chi connectivity index (χ1) is 16.6. The summed E-state index contributed by atoms with van der Waals surface area (Å²) in [5.74, 6) is -0.285. The molecule has 4 rings (SSSR count). The number of anilines is 2. The number of hydrogen-bond donors (Lipinski definition) is 2. The first kappa shape index (κ1) is 23.4. The maximum Gasteiger partial charge on any atom is 0.266 e. The monoisotopic (exact) mass is 471 g/mol. The predicted octanol–water partition coefficient (Wildman–Crippen LogP) is 4.68. The van der Waals surface area contributed by atoms with Gasteiger partial charge in [-0.3, -0.25) is 9.69 Å². The van der Waals surface area contributed by atoms with Gasteiger partial charge in [-0.15, -0.1) is 0 Å². The summed E-state index contributed by atoms with van der Waals surface area (Å²) < 4.78 is 0. The van der Waals surface area contributed by atoms with E-state index in [0.717, 1.165) is 0 Å². The minimum Gasteiger partial charge on any atom is -0.398 e. The summed E-state index contributed by atoms with van der Waals surface area (Å²) in [7, 11) is 0. The van der Waals surface area contributed by atoms with Crippen molar-refractivity contribution in [3.8, 4) is 6.07 Å². The van der Waals surface area contributed by atoms with Gasteiger partial charge in [0.15, 0.2) is 0 Å². The lowest BCUT2D eigenvalue weighted by atomic mass is 9.96. The molecule has 1 saturated heterocycles. The molecule has 0 aromatic heterocycles. The second kappa shape index (κ2) is 10.9. The Balaban J connectivity index is 1.44. The molecule has 1 amide bonds. The first-order valence-electron chi connectivity index (χ1n) is 11.1. The number of carbonyl (C=O) groups is 1. The van der Waals surface area contributed by atoms with E-state index in [0.29, 0.717) is 42.6 Å². The molecule has 1 aliphatic rings. The molecular formula is C27H26ClN5O. The molecule has 3 aromatic rings. The van der Waals surface area contributed by atoms with Crippen LogP contribution in [0.1, 0.15) is 17.2 Å². The van der Waals surface area contributed by atoms with Gasteiger partial charge in [-0.1, -0.05) is 72.3 Å². The highest BCUT2D eigenvalue weighted by Gasteiger charge is 2.29. The molecular weight excluding hydrogens is 446 g/mol. The number of rotatable bonds is 6. The maximum absolute atomic E-state index is 13.0. The van der Waals surface area contributed by atoms with E-state index in [1.165, 1.54) is 17.3 Å². The molecule has 1 aliphatic heterocycles. The minimum atomic E-state index is -0.285. The van der Waals surface area contributed by atoms with Gasteiger partial charge in [0, 0.05) is 38.1 Å². The van der Waals surface area contributed by atoms with Gasteiger partial charge < -0.3 is 16.0 Å². The van der Waals surface area contributed by atoms with Crippen LogP contribution in [0.25, 0.3) is 0 Å². The third-order valence-corrected chi connectivity index (χ3v) is 6.26. The number of nitrogens with one attached hydrogen (secondary N) is 1. The average molecular weight is 472 g/mol. The summed E-state index contributed by atoms with van der Waals surface area (Å²) >= 11 is 6.04. The average Bonchev–Trinajstić information content (AvgIpc) is 2.88. The zero-order valence-corrected chi connectivity index (χ0v) is 19.4. The van der Waals surface area contributed by atoms with Crippen molar-refractivity contribution in [1.82, 2.24) is 9.80 Å². The van der Waals surface area contributed by atoms with Gasteiger partial charge in [-0.25, -0.2) is 0 Å². The third-order valence-electron chi connectivity index (χ3n) is 5.93. The number of benzene rings is 3. The lowest BCUT2D eigenvalue weighted by Crippen LogP contribution is -2.50. The molecule has 0 bridgehead atoms. The molecule has 34 heavy (non-hydrogen) atoms. The van der Waals surface area contributed by atoms with Gasteiger partial charge in [0.25, 0.3) is 5.91 Å². The van der Waals surface area contributed by atoms with Crippen LogP contribution in [0.15, 0.2) is 90.6 Å². The predicted molar refractivity (Wildman–Crippen MR) is 136 cm³/mol. The molecule has 1 fully saturated rings. The number of nitrogens with zero attached hydrogens (tertiary/aromatic N) is 3. The van der Waals surface area contributed by atoms with Crippen LogP contribution >= 0.6 is 11.6 Å². The molecule has 0 atom stereocenters. The van der Waals surface area contributed by atoms with Crippen LogP contribution in [-0.2, 0) is 4.79 Å². The molecule has 1 heterocycles. The minimum absolute atomic E-state index is 0.0454. The normalized spacial score (nSPS) is 14.6. The largest absolute Gasteiger partial charge is 0.398 e. The Kier molecular flexibility index (Phi) is 7.48. The fourth-order valence-electron chi connectivity index (χ4n) is 4.15.